The van der Waals surface area contributed by atoms with E-state index < -0.39 is 48.5 Å². The molecule has 2 aromatic heterocycles. The first-order valence-corrected chi connectivity index (χ1v) is 14.1. The molecule has 0 radical (unpaired) electrons. The van der Waals surface area contributed by atoms with E-state index in [0.717, 1.165) is 0 Å². The molecule has 4 aliphatic rings. The summed E-state index contributed by atoms with van der Waals surface area (Å²) >= 11 is 0. The predicted octanol–water partition coefficient (Wildman–Crippen LogP) is 1.58. The van der Waals surface area contributed by atoms with Gasteiger partial charge in [-0.2, -0.15) is 23.5 Å². The molecule has 12 nitrogen and oxygen atoms in total. The van der Waals surface area contributed by atoms with E-state index in [4.69, 9.17) is 4.74 Å². The van der Waals surface area contributed by atoms with Gasteiger partial charge >= 0.3 is 6.18 Å². The third-order valence-corrected chi connectivity index (χ3v) is 8.98. The van der Waals surface area contributed by atoms with Crippen LogP contribution in [0.5, 0.6) is 0 Å². The average molecular weight is 589 g/mol. The van der Waals surface area contributed by atoms with Gasteiger partial charge in [-0.05, 0) is 57.6 Å². The Balaban J connectivity index is 1.13. The van der Waals surface area contributed by atoms with Gasteiger partial charge < -0.3 is 20.5 Å². The van der Waals surface area contributed by atoms with Gasteiger partial charge in [0.2, 0.25) is 12.3 Å². The maximum atomic E-state index is 13.7. The second-order valence-electron chi connectivity index (χ2n) is 11.6. The fourth-order valence-corrected chi connectivity index (χ4v) is 6.44. The highest BCUT2D eigenvalue weighted by molar-refractivity contribution is 6.00. The number of hydrogen-bond donors (Lipinski definition) is 4. The molecule has 4 unspecified atom stereocenters. The second kappa shape index (κ2) is 10.7. The number of nitriles is 1. The van der Waals surface area contributed by atoms with Crippen LogP contribution in [0.25, 0.3) is 11.4 Å². The van der Waals surface area contributed by atoms with Crippen LogP contribution >= 0.6 is 0 Å². The van der Waals surface area contributed by atoms with Crippen LogP contribution in [-0.4, -0.2) is 79.6 Å². The van der Waals surface area contributed by atoms with Gasteiger partial charge in [0.05, 0.1) is 18.0 Å². The monoisotopic (exact) mass is 588 g/mol. The lowest BCUT2D eigenvalue weighted by Crippen LogP contribution is -2.53. The molecule has 1 spiro atoms. The van der Waals surface area contributed by atoms with E-state index in [1.807, 2.05) is 6.07 Å². The standard InChI is InChI=1S/C27H31F3N8O4/c28-27(29,30)26(41)4-1-16(2-5-26)36-23(40)15-3-6-35-25(11-15)12-18(25)22(39)20-10-21(19-9-17(13-31)33-14-34-19)38(37-20)24-32-7-8-42-24/h9-10,14-16,18,24,32,35,41H,1-8,11-12H2,(H,36,40). The molecule has 1 amide bonds. The summed E-state index contributed by atoms with van der Waals surface area (Å²) < 4.78 is 46.7. The zero-order valence-corrected chi connectivity index (χ0v) is 22.7. The van der Waals surface area contributed by atoms with Crippen LogP contribution in [-0.2, 0) is 9.53 Å². The number of Topliss-reactive ketones (excluding diaryl/α,β-unsaturated/α-hetero) is 1. The number of carbonyl (C=O) groups excluding carboxylic acids is 2. The first-order chi connectivity index (χ1) is 20.0. The number of rotatable bonds is 6. The molecular weight excluding hydrogens is 557 g/mol. The number of piperidine rings is 1. The fraction of sp³-hybridized carbons (Fsp3) is 0.630. The van der Waals surface area contributed by atoms with Crippen molar-refractivity contribution in [3.8, 4) is 17.5 Å². The van der Waals surface area contributed by atoms with Gasteiger partial charge in [0.15, 0.2) is 11.4 Å². The molecule has 2 aromatic rings. The van der Waals surface area contributed by atoms with Crippen molar-refractivity contribution in [2.75, 3.05) is 19.7 Å². The number of aromatic nitrogens is 4. The SMILES string of the molecule is N#Cc1cc(-c2cc(C(=O)C3CC34CC(C(=O)NC3CCC(O)(C(F)(F)F)CC3)CCN4)nn2C2NCCO2)ncn1. The van der Waals surface area contributed by atoms with Gasteiger partial charge in [-0.3, -0.25) is 14.9 Å². The van der Waals surface area contributed by atoms with Crippen LogP contribution in [0.3, 0.4) is 0 Å². The highest BCUT2D eigenvalue weighted by Crippen LogP contribution is 2.52. The van der Waals surface area contributed by atoms with Crippen molar-refractivity contribution < 1.29 is 32.6 Å². The smallest absolute Gasteiger partial charge is 0.380 e. The van der Waals surface area contributed by atoms with E-state index in [1.165, 1.54) is 17.1 Å². The van der Waals surface area contributed by atoms with E-state index in [0.29, 0.717) is 50.3 Å². The summed E-state index contributed by atoms with van der Waals surface area (Å²) in [6.45, 7) is 1.59. The minimum Gasteiger partial charge on any atom is -0.380 e. The minimum atomic E-state index is -4.69. The molecule has 2 saturated heterocycles. The molecule has 224 valence electrons. The number of halogens is 3. The molecule has 4 fully saturated rings. The lowest BCUT2D eigenvalue weighted by Gasteiger charge is -2.38. The largest absolute Gasteiger partial charge is 0.417 e. The zero-order valence-electron chi connectivity index (χ0n) is 22.7. The fourth-order valence-electron chi connectivity index (χ4n) is 6.44. The molecule has 4 atom stereocenters. The molecule has 6 rings (SSSR count). The third-order valence-electron chi connectivity index (χ3n) is 8.98. The normalized spacial score (nSPS) is 32.8. The maximum absolute atomic E-state index is 13.7. The molecule has 0 aromatic carbocycles. The number of hydrogen-bond acceptors (Lipinski definition) is 10. The molecule has 42 heavy (non-hydrogen) atoms. The van der Waals surface area contributed by atoms with Crippen LogP contribution < -0.4 is 16.0 Å². The number of alkyl halides is 3. The van der Waals surface area contributed by atoms with Gasteiger partial charge in [-0.25, -0.2) is 14.6 Å². The Labute approximate surface area is 239 Å². The van der Waals surface area contributed by atoms with Crippen LogP contribution in [0, 0.1) is 23.2 Å². The summed E-state index contributed by atoms with van der Waals surface area (Å²) in [5, 5.41) is 33.2. The van der Waals surface area contributed by atoms with E-state index in [2.05, 4.69) is 31.0 Å². The van der Waals surface area contributed by atoms with Crippen LogP contribution in [0.1, 0.15) is 67.5 Å². The maximum Gasteiger partial charge on any atom is 0.417 e. The number of ketones is 1. The van der Waals surface area contributed by atoms with Gasteiger partial charge in [0.1, 0.15) is 23.8 Å². The molecule has 2 saturated carbocycles. The number of ether oxygens (including phenoxy) is 1. The Morgan fingerprint density at radius 1 is 1.17 bits per heavy atom. The molecule has 2 aliphatic heterocycles. The number of aliphatic hydroxyl groups is 1. The minimum absolute atomic E-state index is 0.0473. The Hall–Kier alpha value is -3.45. The van der Waals surface area contributed by atoms with Crippen LogP contribution in [0.2, 0.25) is 0 Å². The van der Waals surface area contributed by atoms with Gasteiger partial charge in [0, 0.05) is 36.0 Å². The molecule has 0 bridgehead atoms. The number of carbonyl (C=O) groups is 2. The van der Waals surface area contributed by atoms with Gasteiger partial charge in [-0.15, -0.1) is 0 Å². The lowest BCUT2D eigenvalue weighted by molar-refractivity contribution is -0.270. The topological polar surface area (TPSA) is 167 Å². The van der Waals surface area contributed by atoms with Crippen molar-refractivity contribution in [3.63, 3.8) is 0 Å². The van der Waals surface area contributed by atoms with Crippen LogP contribution in [0.15, 0.2) is 18.5 Å². The first kappa shape index (κ1) is 28.7. The molecule has 2 aliphatic carbocycles. The Kier molecular flexibility index (Phi) is 7.28. The van der Waals surface area contributed by atoms with E-state index in [1.54, 1.807) is 6.07 Å². The number of nitrogens with one attached hydrogen (secondary N) is 3. The third kappa shape index (κ3) is 5.28. The lowest BCUT2D eigenvalue weighted by atomic mass is 9.81. The van der Waals surface area contributed by atoms with Crippen molar-refractivity contribution >= 4 is 11.7 Å². The molecular formula is C27H31F3N8O4. The van der Waals surface area contributed by atoms with Crippen molar-refractivity contribution in [2.45, 2.75) is 74.7 Å². The van der Waals surface area contributed by atoms with Crippen molar-refractivity contribution in [2.24, 2.45) is 11.8 Å². The summed E-state index contributed by atoms with van der Waals surface area (Å²) in [7, 11) is 0. The summed E-state index contributed by atoms with van der Waals surface area (Å²) in [6, 6.07) is 4.68. The highest BCUT2D eigenvalue weighted by atomic mass is 19.4. The quantitative estimate of drug-likeness (QED) is 0.364. The summed E-state index contributed by atoms with van der Waals surface area (Å²) in [5.74, 6) is -1.21. The van der Waals surface area contributed by atoms with Crippen molar-refractivity contribution in [1.82, 2.24) is 35.7 Å². The average Bonchev–Trinajstić information content (AvgIpc) is 3.32. The second-order valence-corrected chi connectivity index (χ2v) is 11.6. The summed E-state index contributed by atoms with van der Waals surface area (Å²) in [5.41, 5.74) is -1.97. The predicted molar refractivity (Wildman–Crippen MR) is 138 cm³/mol. The zero-order chi connectivity index (χ0) is 29.7. The molecule has 4 N–H and O–H groups in total. The summed E-state index contributed by atoms with van der Waals surface area (Å²) in [4.78, 5) is 35.0. The highest BCUT2D eigenvalue weighted by Gasteiger charge is 2.61. The van der Waals surface area contributed by atoms with Crippen LogP contribution in [0.4, 0.5) is 13.2 Å². The Morgan fingerprint density at radius 3 is 2.64 bits per heavy atom. The van der Waals surface area contributed by atoms with E-state index >= 15 is 0 Å². The van der Waals surface area contributed by atoms with Crippen molar-refractivity contribution in [1.29, 1.82) is 5.26 Å². The molecule has 15 heteroatoms. The summed E-state index contributed by atoms with van der Waals surface area (Å²) in [6.07, 6.45) is -3.33. The Morgan fingerprint density at radius 2 is 1.95 bits per heavy atom. The number of nitrogens with zero attached hydrogens (tertiary/aromatic N) is 5. The first-order valence-electron chi connectivity index (χ1n) is 14.1. The van der Waals surface area contributed by atoms with Gasteiger partial charge in [-0.1, -0.05) is 0 Å². The van der Waals surface area contributed by atoms with Crippen molar-refractivity contribution in [3.05, 3.63) is 29.8 Å². The van der Waals surface area contributed by atoms with E-state index in [9.17, 15) is 33.1 Å². The number of amides is 1. The van der Waals surface area contributed by atoms with E-state index in [-0.39, 0.29) is 41.8 Å². The van der Waals surface area contributed by atoms with Gasteiger partial charge in [0.25, 0.3) is 0 Å². The molecule has 4 heterocycles. The Bertz CT molecular complexity index is 1410.